The largest absolute Gasteiger partial charge is 0.444 e. The Morgan fingerprint density at radius 2 is 2.19 bits per heavy atom. The predicted molar refractivity (Wildman–Crippen MR) is 111 cm³/mol. The average molecular weight is 479 g/mol. The van der Waals surface area contributed by atoms with Crippen molar-refractivity contribution in [2.45, 2.75) is 52.3 Å². The van der Waals surface area contributed by atoms with Gasteiger partial charge >= 0.3 is 6.09 Å². The van der Waals surface area contributed by atoms with Crippen molar-refractivity contribution in [3.8, 4) is 0 Å². The monoisotopic (exact) mass is 479 g/mol. The summed E-state index contributed by atoms with van der Waals surface area (Å²) in [5, 5.41) is 10.3. The third-order valence-electron chi connectivity index (χ3n) is 3.72. The van der Waals surface area contributed by atoms with Gasteiger partial charge in [0, 0.05) is 26.7 Å². The molecule has 1 atom stereocenters. The number of halogens is 1. The number of guanidine groups is 1. The highest BCUT2D eigenvalue weighted by molar-refractivity contribution is 14.0. The van der Waals surface area contributed by atoms with Crippen LogP contribution in [0.1, 0.15) is 39.9 Å². The Morgan fingerprint density at radius 3 is 2.77 bits per heavy atom. The predicted octanol–water partition coefficient (Wildman–Crippen LogP) is 1.50. The van der Waals surface area contributed by atoms with E-state index in [0.29, 0.717) is 13.1 Å². The number of carbonyl (C=O) groups is 1. The number of nitrogens with one attached hydrogen (secondary N) is 2. The van der Waals surface area contributed by atoms with Crippen molar-refractivity contribution in [3.63, 3.8) is 0 Å². The summed E-state index contributed by atoms with van der Waals surface area (Å²) in [4.78, 5) is 22.9. The van der Waals surface area contributed by atoms with Gasteiger partial charge in [-0.2, -0.15) is 5.10 Å². The molecule has 0 aromatic carbocycles. The summed E-state index contributed by atoms with van der Waals surface area (Å²) in [5.41, 5.74) is -0.491. The van der Waals surface area contributed by atoms with Crippen molar-refractivity contribution < 1.29 is 9.53 Å². The van der Waals surface area contributed by atoms with Gasteiger partial charge in [-0.05, 0) is 34.1 Å². The number of nitrogens with zero attached hydrogens (tertiary/aromatic N) is 5. The minimum absolute atomic E-state index is 0. The maximum absolute atomic E-state index is 11.9. The lowest BCUT2D eigenvalue weighted by Crippen LogP contribution is -2.44. The quantitative estimate of drug-likeness (QED) is 0.386. The number of amides is 1. The van der Waals surface area contributed by atoms with E-state index in [-0.39, 0.29) is 36.1 Å². The van der Waals surface area contributed by atoms with Crippen LogP contribution in [0.5, 0.6) is 0 Å². The van der Waals surface area contributed by atoms with Crippen LogP contribution in [-0.4, -0.2) is 63.0 Å². The van der Waals surface area contributed by atoms with E-state index >= 15 is 0 Å². The molecule has 9 nitrogen and oxygen atoms in total. The number of hydrogen-bond donors (Lipinski definition) is 2. The minimum Gasteiger partial charge on any atom is -0.444 e. The summed E-state index contributed by atoms with van der Waals surface area (Å²) >= 11 is 0. The second-order valence-corrected chi connectivity index (χ2v) is 7.05. The van der Waals surface area contributed by atoms with Crippen molar-refractivity contribution in [1.29, 1.82) is 0 Å². The highest BCUT2D eigenvalue weighted by Gasteiger charge is 2.27. The van der Waals surface area contributed by atoms with Crippen LogP contribution >= 0.6 is 24.0 Å². The number of aromatic nitrogens is 3. The molecule has 0 aliphatic carbocycles. The number of alkyl carbamates (subject to hydrolysis) is 1. The molecule has 1 amide bonds. The van der Waals surface area contributed by atoms with Gasteiger partial charge in [-0.1, -0.05) is 0 Å². The normalized spacial score (nSPS) is 17.7. The van der Waals surface area contributed by atoms with Crippen LogP contribution in [0.25, 0.3) is 0 Å². The number of rotatable bonds is 4. The fraction of sp³-hybridized carbons (Fsp3) is 0.750. The van der Waals surface area contributed by atoms with E-state index in [4.69, 9.17) is 4.74 Å². The first-order valence-corrected chi connectivity index (χ1v) is 8.64. The second-order valence-electron chi connectivity index (χ2n) is 7.05. The first-order chi connectivity index (χ1) is 11.8. The van der Waals surface area contributed by atoms with Crippen molar-refractivity contribution in [2.24, 2.45) is 12.0 Å². The Bertz CT molecular complexity index is 612. The lowest BCUT2D eigenvalue weighted by molar-refractivity contribution is 0.0507. The van der Waals surface area contributed by atoms with Crippen molar-refractivity contribution in [2.75, 3.05) is 19.6 Å². The molecule has 1 saturated heterocycles. The average Bonchev–Trinajstić information content (AvgIpc) is 3.11. The molecule has 0 radical (unpaired) electrons. The van der Waals surface area contributed by atoms with E-state index in [9.17, 15) is 4.79 Å². The number of aliphatic imine (C=N–C) groups is 1. The molecule has 2 N–H and O–H groups in total. The first-order valence-electron chi connectivity index (χ1n) is 8.64. The van der Waals surface area contributed by atoms with Crippen LogP contribution in [0.15, 0.2) is 11.3 Å². The highest BCUT2D eigenvalue weighted by atomic mass is 127. The zero-order valence-corrected chi connectivity index (χ0v) is 18.5. The SMILES string of the molecule is CCNC(=NCc1ncnn1C)N1CCC(NC(=O)OC(C)(C)C)C1.I. The van der Waals surface area contributed by atoms with Gasteiger partial charge in [0.2, 0.25) is 0 Å². The van der Waals surface area contributed by atoms with Gasteiger partial charge in [0.15, 0.2) is 5.96 Å². The van der Waals surface area contributed by atoms with Gasteiger partial charge in [0.25, 0.3) is 0 Å². The van der Waals surface area contributed by atoms with Crippen molar-refractivity contribution in [3.05, 3.63) is 12.2 Å². The molecule has 26 heavy (non-hydrogen) atoms. The Kier molecular flexibility index (Phi) is 8.57. The molecule has 148 valence electrons. The number of ether oxygens (including phenoxy) is 1. The zero-order chi connectivity index (χ0) is 18.4. The van der Waals surface area contributed by atoms with Crippen LogP contribution in [0, 0.1) is 0 Å². The zero-order valence-electron chi connectivity index (χ0n) is 16.2. The van der Waals surface area contributed by atoms with E-state index < -0.39 is 5.60 Å². The lowest BCUT2D eigenvalue weighted by Gasteiger charge is -2.23. The van der Waals surface area contributed by atoms with Gasteiger partial charge in [0.1, 0.15) is 24.3 Å². The van der Waals surface area contributed by atoms with E-state index in [0.717, 1.165) is 31.3 Å². The summed E-state index contributed by atoms with van der Waals surface area (Å²) < 4.78 is 7.03. The van der Waals surface area contributed by atoms with E-state index in [1.54, 1.807) is 4.68 Å². The summed E-state index contributed by atoms with van der Waals surface area (Å²) in [7, 11) is 1.85. The first kappa shape index (κ1) is 22.5. The summed E-state index contributed by atoms with van der Waals surface area (Å²) in [6, 6.07) is 0.0496. The van der Waals surface area contributed by atoms with Crippen LogP contribution in [0.4, 0.5) is 4.79 Å². The Labute approximate surface area is 172 Å². The summed E-state index contributed by atoms with van der Waals surface area (Å²) in [6.45, 7) is 10.4. The molecule has 0 saturated carbocycles. The fourth-order valence-electron chi connectivity index (χ4n) is 2.58. The molecule has 1 fully saturated rings. The lowest BCUT2D eigenvalue weighted by atomic mass is 10.2. The molecular formula is C16H30IN7O2. The van der Waals surface area contributed by atoms with E-state index in [1.807, 2.05) is 34.7 Å². The van der Waals surface area contributed by atoms with E-state index in [1.165, 1.54) is 6.33 Å². The maximum Gasteiger partial charge on any atom is 0.407 e. The smallest absolute Gasteiger partial charge is 0.407 e. The fourth-order valence-corrected chi connectivity index (χ4v) is 2.58. The van der Waals surface area contributed by atoms with Crippen molar-refractivity contribution in [1.82, 2.24) is 30.3 Å². The van der Waals surface area contributed by atoms with Gasteiger partial charge < -0.3 is 20.3 Å². The van der Waals surface area contributed by atoms with Gasteiger partial charge in [-0.3, -0.25) is 4.68 Å². The number of aryl methyl sites for hydroxylation is 1. The number of hydrogen-bond acceptors (Lipinski definition) is 5. The second kappa shape index (κ2) is 9.93. The summed E-state index contributed by atoms with van der Waals surface area (Å²) in [6.07, 6.45) is 2.00. The Balaban J connectivity index is 0.00000338. The third-order valence-corrected chi connectivity index (χ3v) is 3.72. The van der Waals surface area contributed by atoms with Gasteiger partial charge in [0.05, 0.1) is 6.04 Å². The van der Waals surface area contributed by atoms with Crippen LogP contribution < -0.4 is 10.6 Å². The van der Waals surface area contributed by atoms with E-state index in [2.05, 4.69) is 30.6 Å². The van der Waals surface area contributed by atoms with Gasteiger partial charge in [-0.15, -0.1) is 24.0 Å². The van der Waals surface area contributed by atoms with Crippen molar-refractivity contribution >= 4 is 36.0 Å². The van der Waals surface area contributed by atoms with Crippen LogP contribution in [0.3, 0.4) is 0 Å². The molecule has 2 rings (SSSR count). The Hall–Kier alpha value is -1.59. The third kappa shape index (κ3) is 6.96. The molecule has 1 aromatic rings. The number of carbonyl (C=O) groups excluding carboxylic acids is 1. The Morgan fingerprint density at radius 1 is 1.46 bits per heavy atom. The molecule has 0 bridgehead atoms. The van der Waals surface area contributed by atoms with Crippen LogP contribution in [0.2, 0.25) is 0 Å². The van der Waals surface area contributed by atoms with Crippen LogP contribution in [-0.2, 0) is 18.3 Å². The molecule has 1 aliphatic heterocycles. The summed E-state index contributed by atoms with van der Waals surface area (Å²) in [5.74, 6) is 1.62. The van der Waals surface area contributed by atoms with Gasteiger partial charge in [-0.25, -0.2) is 14.8 Å². The molecule has 1 aliphatic rings. The molecule has 10 heteroatoms. The maximum atomic E-state index is 11.9. The minimum atomic E-state index is -0.491. The number of likely N-dealkylation sites (tertiary alicyclic amines) is 1. The molecule has 0 spiro atoms. The highest BCUT2D eigenvalue weighted by Crippen LogP contribution is 2.12. The molecule has 1 aromatic heterocycles. The molecular weight excluding hydrogens is 449 g/mol. The standard InChI is InChI=1S/C16H29N7O2.HI/c1-6-17-14(18-9-13-19-11-20-22(13)5)23-8-7-12(10-23)21-15(24)25-16(2,3)4;/h11-12H,6-10H2,1-5H3,(H,17,18)(H,21,24);1H. The topological polar surface area (TPSA) is 96.7 Å². The molecule has 1 unspecified atom stereocenters. The molecule has 2 heterocycles.